The highest BCUT2D eigenvalue weighted by atomic mass is 15.1. The van der Waals surface area contributed by atoms with Gasteiger partial charge < -0.3 is 4.90 Å². The summed E-state index contributed by atoms with van der Waals surface area (Å²) in [5.74, 6) is 0. The van der Waals surface area contributed by atoms with Crippen LogP contribution in [0.5, 0.6) is 0 Å². The number of rotatable bonds is 4. The lowest BCUT2D eigenvalue weighted by atomic mass is 10.0. The van der Waals surface area contributed by atoms with Crippen LogP contribution in [0.25, 0.3) is 11.1 Å². The molecule has 0 bridgehead atoms. The van der Waals surface area contributed by atoms with Crippen LogP contribution in [0.1, 0.15) is 5.69 Å². The van der Waals surface area contributed by atoms with Gasteiger partial charge in [-0.15, -0.1) is 0 Å². The van der Waals surface area contributed by atoms with Gasteiger partial charge in [0.1, 0.15) is 0 Å². The van der Waals surface area contributed by atoms with E-state index in [0.717, 1.165) is 16.9 Å². The molecule has 0 aliphatic rings. The van der Waals surface area contributed by atoms with Crippen molar-refractivity contribution in [2.24, 2.45) is 4.99 Å². The second kappa shape index (κ2) is 6.88. The zero-order valence-corrected chi connectivity index (χ0v) is 13.3. The van der Waals surface area contributed by atoms with Crippen molar-refractivity contribution < 1.29 is 0 Å². The molecule has 0 aliphatic heterocycles. The molecule has 0 radical (unpaired) electrons. The standard InChI is InChI=1S/C20H19N3/c1-23(2)20-13-6-4-11-18(20)17-10-3-5-12-19(17)22-15-16-9-7-8-14-21-16/h3-15H,1-2H3/b22-15+. The Labute approximate surface area is 137 Å². The Hall–Kier alpha value is -2.94. The molecule has 3 rings (SSSR count). The number of para-hydroxylation sites is 2. The molecule has 114 valence electrons. The first-order valence-electron chi connectivity index (χ1n) is 7.56. The van der Waals surface area contributed by atoms with Crippen molar-refractivity contribution in [2.45, 2.75) is 0 Å². The summed E-state index contributed by atoms with van der Waals surface area (Å²) < 4.78 is 0. The highest BCUT2D eigenvalue weighted by molar-refractivity contribution is 5.88. The number of benzene rings is 2. The van der Waals surface area contributed by atoms with Crippen LogP contribution in [0.3, 0.4) is 0 Å². The van der Waals surface area contributed by atoms with E-state index in [-0.39, 0.29) is 0 Å². The van der Waals surface area contributed by atoms with Crippen LogP contribution in [0.15, 0.2) is 77.9 Å². The van der Waals surface area contributed by atoms with Gasteiger partial charge in [0.05, 0.1) is 17.6 Å². The predicted octanol–water partition coefficient (Wildman–Crippen LogP) is 4.57. The van der Waals surface area contributed by atoms with Crippen molar-refractivity contribution in [3.8, 4) is 11.1 Å². The lowest BCUT2D eigenvalue weighted by Gasteiger charge is -2.18. The van der Waals surface area contributed by atoms with E-state index in [0.29, 0.717) is 0 Å². The van der Waals surface area contributed by atoms with Gasteiger partial charge in [-0.25, -0.2) is 0 Å². The van der Waals surface area contributed by atoms with Crippen LogP contribution in [0, 0.1) is 0 Å². The van der Waals surface area contributed by atoms with Crippen LogP contribution < -0.4 is 4.90 Å². The van der Waals surface area contributed by atoms with E-state index in [1.54, 1.807) is 12.4 Å². The van der Waals surface area contributed by atoms with Gasteiger partial charge in [-0.3, -0.25) is 9.98 Å². The van der Waals surface area contributed by atoms with Gasteiger partial charge in [0, 0.05) is 37.1 Å². The Balaban J connectivity index is 2.04. The average molecular weight is 301 g/mol. The number of aromatic nitrogens is 1. The predicted molar refractivity (Wildman–Crippen MR) is 97.7 cm³/mol. The lowest BCUT2D eigenvalue weighted by molar-refractivity contribution is 1.13. The molecule has 3 nitrogen and oxygen atoms in total. The molecule has 2 aromatic carbocycles. The quantitative estimate of drug-likeness (QED) is 0.661. The van der Waals surface area contributed by atoms with E-state index in [1.807, 2.05) is 36.4 Å². The number of hydrogen-bond acceptors (Lipinski definition) is 3. The molecular formula is C20H19N3. The summed E-state index contributed by atoms with van der Waals surface area (Å²) in [4.78, 5) is 11.1. The van der Waals surface area contributed by atoms with Crippen LogP contribution in [-0.2, 0) is 0 Å². The van der Waals surface area contributed by atoms with E-state index in [2.05, 4.69) is 59.3 Å². The summed E-state index contributed by atoms with van der Waals surface area (Å²) in [6.07, 6.45) is 3.58. The number of pyridine rings is 1. The monoisotopic (exact) mass is 301 g/mol. The Bertz CT molecular complexity index is 808. The summed E-state index contributed by atoms with van der Waals surface area (Å²) in [7, 11) is 4.11. The Morgan fingerprint density at radius 3 is 2.26 bits per heavy atom. The van der Waals surface area contributed by atoms with Gasteiger partial charge in [0.15, 0.2) is 0 Å². The third-order valence-corrected chi connectivity index (χ3v) is 3.60. The van der Waals surface area contributed by atoms with Crippen LogP contribution in [0.2, 0.25) is 0 Å². The summed E-state index contributed by atoms with van der Waals surface area (Å²) in [5.41, 5.74) is 5.25. The third-order valence-electron chi connectivity index (χ3n) is 3.60. The summed E-state index contributed by atoms with van der Waals surface area (Å²) in [5, 5.41) is 0. The third kappa shape index (κ3) is 3.46. The fourth-order valence-electron chi connectivity index (χ4n) is 2.49. The first kappa shape index (κ1) is 15.0. The van der Waals surface area contributed by atoms with Crippen molar-refractivity contribution in [1.29, 1.82) is 0 Å². The minimum atomic E-state index is 0.850. The minimum Gasteiger partial charge on any atom is -0.377 e. The molecule has 0 saturated carbocycles. The van der Waals surface area contributed by atoms with Crippen LogP contribution >= 0.6 is 0 Å². The van der Waals surface area contributed by atoms with Crippen molar-refractivity contribution >= 4 is 17.6 Å². The smallest absolute Gasteiger partial charge is 0.0812 e. The van der Waals surface area contributed by atoms with Crippen molar-refractivity contribution in [2.75, 3.05) is 19.0 Å². The normalized spacial score (nSPS) is 10.9. The van der Waals surface area contributed by atoms with Gasteiger partial charge in [0.2, 0.25) is 0 Å². The van der Waals surface area contributed by atoms with E-state index in [9.17, 15) is 0 Å². The van der Waals surface area contributed by atoms with Gasteiger partial charge in [0.25, 0.3) is 0 Å². The molecule has 0 atom stereocenters. The number of anilines is 1. The minimum absolute atomic E-state index is 0.850. The Morgan fingerprint density at radius 2 is 1.52 bits per heavy atom. The molecule has 0 aliphatic carbocycles. The lowest BCUT2D eigenvalue weighted by Crippen LogP contribution is -2.09. The number of hydrogen-bond donors (Lipinski definition) is 0. The second-order valence-corrected chi connectivity index (χ2v) is 5.44. The fourth-order valence-corrected chi connectivity index (χ4v) is 2.49. The van der Waals surface area contributed by atoms with Gasteiger partial charge >= 0.3 is 0 Å². The average Bonchev–Trinajstić information content (AvgIpc) is 2.61. The maximum Gasteiger partial charge on any atom is 0.0812 e. The SMILES string of the molecule is CN(C)c1ccccc1-c1ccccc1/N=C/c1ccccn1. The van der Waals surface area contributed by atoms with E-state index in [1.165, 1.54) is 11.3 Å². The maximum absolute atomic E-state index is 4.65. The van der Waals surface area contributed by atoms with E-state index >= 15 is 0 Å². The summed E-state index contributed by atoms with van der Waals surface area (Å²) >= 11 is 0. The fraction of sp³-hybridized carbons (Fsp3) is 0.100. The topological polar surface area (TPSA) is 28.5 Å². The van der Waals surface area contributed by atoms with Crippen LogP contribution in [-0.4, -0.2) is 25.3 Å². The molecule has 0 spiro atoms. The summed E-state index contributed by atoms with van der Waals surface area (Å²) in [6.45, 7) is 0. The number of nitrogens with zero attached hydrogens (tertiary/aromatic N) is 3. The first-order chi connectivity index (χ1) is 11.3. The molecule has 3 aromatic rings. The molecule has 3 heteroatoms. The number of aliphatic imine (C=N–C) groups is 1. The van der Waals surface area contributed by atoms with Gasteiger partial charge in [-0.1, -0.05) is 42.5 Å². The molecule has 1 aromatic heterocycles. The highest BCUT2D eigenvalue weighted by Crippen LogP contribution is 2.35. The van der Waals surface area contributed by atoms with Crippen molar-refractivity contribution in [3.05, 3.63) is 78.6 Å². The zero-order valence-electron chi connectivity index (χ0n) is 13.3. The molecule has 0 fully saturated rings. The van der Waals surface area contributed by atoms with Crippen molar-refractivity contribution in [1.82, 2.24) is 4.98 Å². The zero-order chi connectivity index (χ0) is 16.1. The molecule has 0 unspecified atom stereocenters. The molecule has 23 heavy (non-hydrogen) atoms. The Morgan fingerprint density at radius 1 is 0.826 bits per heavy atom. The molecule has 0 N–H and O–H groups in total. The van der Waals surface area contributed by atoms with Crippen LogP contribution in [0.4, 0.5) is 11.4 Å². The van der Waals surface area contributed by atoms with Gasteiger partial charge in [-0.2, -0.15) is 0 Å². The molecule has 1 heterocycles. The van der Waals surface area contributed by atoms with Gasteiger partial charge in [-0.05, 0) is 24.3 Å². The highest BCUT2D eigenvalue weighted by Gasteiger charge is 2.09. The first-order valence-corrected chi connectivity index (χ1v) is 7.56. The van der Waals surface area contributed by atoms with E-state index in [4.69, 9.17) is 0 Å². The molecule has 0 amide bonds. The van der Waals surface area contributed by atoms with E-state index < -0.39 is 0 Å². The summed E-state index contributed by atoms with van der Waals surface area (Å²) in [6, 6.07) is 22.3. The molecular weight excluding hydrogens is 282 g/mol. The maximum atomic E-state index is 4.65. The van der Waals surface area contributed by atoms with Crippen molar-refractivity contribution in [3.63, 3.8) is 0 Å². The largest absolute Gasteiger partial charge is 0.377 e. The Kier molecular flexibility index (Phi) is 4.48. The molecule has 0 saturated heterocycles. The second-order valence-electron chi connectivity index (χ2n) is 5.44.